The van der Waals surface area contributed by atoms with Gasteiger partial charge in [-0.25, -0.2) is 0 Å². The van der Waals surface area contributed by atoms with Gasteiger partial charge >= 0.3 is 0 Å². The van der Waals surface area contributed by atoms with Crippen molar-refractivity contribution in [1.82, 2.24) is 14.8 Å². The van der Waals surface area contributed by atoms with Crippen LogP contribution in [0.1, 0.15) is 22.5 Å². The van der Waals surface area contributed by atoms with Crippen LogP contribution in [0.3, 0.4) is 0 Å². The fourth-order valence-corrected chi connectivity index (χ4v) is 4.62. The minimum atomic E-state index is -0.168. The molecule has 0 saturated heterocycles. The number of aryl methyl sites for hydroxylation is 3. The number of carbonyl (C=O) groups is 1. The topological polar surface area (TPSA) is 69.0 Å². The molecule has 0 radical (unpaired) electrons. The van der Waals surface area contributed by atoms with Gasteiger partial charge in [-0.3, -0.25) is 9.36 Å². The lowest BCUT2D eigenvalue weighted by Crippen LogP contribution is -2.16. The lowest BCUT2D eigenvalue weighted by molar-refractivity contribution is -0.113. The van der Waals surface area contributed by atoms with Crippen LogP contribution in [0.4, 0.5) is 5.69 Å². The van der Waals surface area contributed by atoms with Gasteiger partial charge in [0.25, 0.3) is 0 Å². The molecule has 4 aromatic rings. The van der Waals surface area contributed by atoms with E-state index in [0.29, 0.717) is 21.7 Å². The number of ether oxygens (including phenoxy) is 1. The molecule has 0 aliphatic rings. The summed E-state index contributed by atoms with van der Waals surface area (Å²) in [5.41, 5.74) is 4.67. The smallest absolute Gasteiger partial charge is 0.234 e. The first-order chi connectivity index (χ1) is 16.4. The Kier molecular flexibility index (Phi) is 7.55. The number of hydrogen-bond acceptors (Lipinski definition) is 5. The second-order valence-corrected chi connectivity index (χ2v) is 9.30. The molecule has 0 aliphatic heterocycles. The van der Waals surface area contributed by atoms with E-state index in [2.05, 4.69) is 15.5 Å². The molecular formula is C26H25ClN4O2S. The van der Waals surface area contributed by atoms with Crippen molar-refractivity contribution in [3.8, 4) is 11.4 Å². The molecule has 0 aliphatic carbocycles. The Morgan fingerprint density at radius 3 is 2.44 bits per heavy atom. The van der Waals surface area contributed by atoms with Crippen molar-refractivity contribution >= 4 is 35.0 Å². The lowest BCUT2D eigenvalue weighted by Gasteiger charge is -2.13. The van der Waals surface area contributed by atoms with Gasteiger partial charge in [-0.1, -0.05) is 65.3 Å². The van der Waals surface area contributed by atoms with Gasteiger partial charge in [-0.15, -0.1) is 10.2 Å². The highest BCUT2D eigenvalue weighted by molar-refractivity contribution is 7.99. The average molecular weight is 493 g/mol. The highest BCUT2D eigenvalue weighted by Gasteiger charge is 2.17. The molecule has 8 heteroatoms. The number of hydrogen-bond donors (Lipinski definition) is 1. The zero-order valence-electron chi connectivity index (χ0n) is 19.2. The Labute approximate surface area is 208 Å². The summed E-state index contributed by atoms with van der Waals surface area (Å²) in [6.45, 7) is 6.17. The van der Waals surface area contributed by atoms with Crippen LogP contribution in [-0.4, -0.2) is 26.4 Å². The van der Waals surface area contributed by atoms with Crippen molar-refractivity contribution in [3.05, 3.63) is 94.3 Å². The number of para-hydroxylation sites is 1. The SMILES string of the molecule is Cc1ccc(OCc2nnc(SCC(=O)Nc3c(C)cc(C)cc3Cl)n2-c2ccccc2)cc1. The quantitative estimate of drug-likeness (QED) is 0.298. The highest BCUT2D eigenvalue weighted by atomic mass is 35.5. The average Bonchev–Trinajstić information content (AvgIpc) is 3.23. The molecule has 0 saturated carbocycles. The third kappa shape index (κ3) is 5.79. The molecule has 1 amide bonds. The van der Waals surface area contributed by atoms with Gasteiger partial charge in [-0.2, -0.15) is 0 Å². The van der Waals surface area contributed by atoms with Crippen molar-refractivity contribution in [2.45, 2.75) is 32.5 Å². The van der Waals surface area contributed by atoms with E-state index in [9.17, 15) is 4.79 Å². The summed E-state index contributed by atoms with van der Waals surface area (Å²) >= 11 is 7.64. The fraction of sp³-hybridized carbons (Fsp3) is 0.192. The largest absolute Gasteiger partial charge is 0.486 e. The molecule has 3 aromatic carbocycles. The summed E-state index contributed by atoms with van der Waals surface area (Å²) in [6, 6.07) is 21.5. The van der Waals surface area contributed by atoms with Crippen LogP contribution in [0.25, 0.3) is 5.69 Å². The van der Waals surface area contributed by atoms with E-state index in [-0.39, 0.29) is 18.3 Å². The summed E-state index contributed by atoms with van der Waals surface area (Å²) in [5, 5.41) is 12.7. The molecule has 1 N–H and O–H groups in total. The van der Waals surface area contributed by atoms with E-state index < -0.39 is 0 Å². The molecule has 0 bridgehead atoms. The Morgan fingerprint density at radius 1 is 1.00 bits per heavy atom. The van der Waals surface area contributed by atoms with Crippen LogP contribution in [0.5, 0.6) is 5.75 Å². The lowest BCUT2D eigenvalue weighted by atomic mass is 10.1. The summed E-state index contributed by atoms with van der Waals surface area (Å²) in [4.78, 5) is 12.7. The number of amides is 1. The van der Waals surface area contributed by atoms with Crippen LogP contribution >= 0.6 is 23.4 Å². The van der Waals surface area contributed by atoms with Crippen molar-refractivity contribution in [2.75, 3.05) is 11.1 Å². The number of benzene rings is 3. The van der Waals surface area contributed by atoms with Gasteiger partial charge in [0, 0.05) is 5.69 Å². The minimum Gasteiger partial charge on any atom is -0.486 e. The molecule has 34 heavy (non-hydrogen) atoms. The number of nitrogens with one attached hydrogen (secondary N) is 1. The molecule has 0 spiro atoms. The van der Waals surface area contributed by atoms with Crippen molar-refractivity contribution in [1.29, 1.82) is 0 Å². The Balaban J connectivity index is 1.50. The number of nitrogens with zero attached hydrogens (tertiary/aromatic N) is 3. The predicted octanol–water partition coefficient (Wildman–Crippen LogP) is 6.16. The number of thioether (sulfide) groups is 1. The normalized spacial score (nSPS) is 10.8. The maximum atomic E-state index is 12.7. The molecule has 174 valence electrons. The van der Waals surface area contributed by atoms with Crippen molar-refractivity contribution in [2.24, 2.45) is 0 Å². The second-order valence-electron chi connectivity index (χ2n) is 7.95. The first-order valence-electron chi connectivity index (χ1n) is 10.8. The first-order valence-corrected chi connectivity index (χ1v) is 12.2. The molecule has 1 heterocycles. The predicted molar refractivity (Wildman–Crippen MR) is 137 cm³/mol. The van der Waals surface area contributed by atoms with Crippen LogP contribution in [0, 0.1) is 20.8 Å². The zero-order valence-corrected chi connectivity index (χ0v) is 20.8. The third-order valence-electron chi connectivity index (χ3n) is 5.13. The van der Waals surface area contributed by atoms with Crippen molar-refractivity contribution in [3.63, 3.8) is 0 Å². The van der Waals surface area contributed by atoms with E-state index in [1.165, 1.54) is 17.3 Å². The molecule has 0 fully saturated rings. The standard InChI is InChI=1S/C26H25ClN4O2S/c1-17-9-11-21(12-10-17)33-15-23-29-30-26(31(23)20-7-5-4-6-8-20)34-16-24(32)28-25-19(3)13-18(2)14-22(25)27/h4-14H,15-16H2,1-3H3,(H,28,32). The maximum absolute atomic E-state index is 12.7. The van der Waals surface area contributed by atoms with Gasteiger partial charge in [0.05, 0.1) is 16.5 Å². The number of anilines is 1. The zero-order chi connectivity index (χ0) is 24.1. The monoisotopic (exact) mass is 492 g/mol. The number of halogens is 1. The summed E-state index contributed by atoms with van der Waals surface area (Å²) in [6.07, 6.45) is 0. The van der Waals surface area contributed by atoms with Crippen LogP contribution in [0.2, 0.25) is 5.02 Å². The summed E-state index contributed by atoms with van der Waals surface area (Å²) < 4.78 is 7.85. The number of carbonyl (C=O) groups excluding carboxylic acids is 1. The Morgan fingerprint density at radius 2 is 1.74 bits per heavy atom. The molecular weight excluding hydrogens is 468 g/mol. The van der Waals surface area contributed by atoms with E-state index >= 15 is 0 Å². The van der Waals surface area contributed by atoms with Gasteiger partial charge < -0.3 is 10.1 Å². The van der Waals surface area contributed by atoms with Gasteiger partial charge in [0.1, 0.15) is 12.4 Å². The molecule has 0 unspecified atom stereocenters. The second kappa shape index (κ2) is 10.8. The van der Waals surface area contributed by atoms with Gasteiger partial charge in [-0.05, 0) is 62.2 Å². The van der Waals surface area contributed by atoms with Crippen LogP contribution < -0.4 is 10.1 Å². The Hall–Kier alpha value is -3.29. The van der Waals surface area contributed by atoms with E-state index in [0.717, 1.165) is 22.6 Å². The minimum absolute atomic E-state index is 0.160. The van der Waals surface area contributed by atoms with Crippen molar-refractivity contribution < 1.29 is 9.53 Å². The summed E-state index contributed by atoms with van der Waals surface area (Å²) in [7, 11) is 0. The van der Waals surface area contributed by atoms with E-state index in [1.54, 1.807) is 0 Å². The van der Waals surface area contributed by atoms with Crippen LogP contribution in [-0.2, 0) is 11.4 Å². The number of aromatic nitrogens is 3. The molecule has 1 aromatic heterocycles. The van der Waals surface area contributed by atoms with Crippen LogP contribution in [0.15, 0.2) is 71.9 Å². The van der Waals surface area contributed by atoms with Gasteiger partial charge in [0.15, 0.2) is 11.0 Å². The third-order valence-corrected chi connectivity index (χ3v) is 6.36. The summed E-state index contributed by atoms with van der Waals surface area (Å²) in [5.74, 6) is 1.39. The highest BCUT2D eigenvalue weighted by Crippen LogP contribution is 2.28. The molecule has 6 nitrogen and oxygen atoms in total. The number of rotatable bonds is 8. The molecule has 4 rings (SSSR count). The van der Waals surface area contributed by atoms with E-state index in [4.69, 9.17) is 16.3 Å². The Bertz CT molecular complexity index is 1270. The first kappa shape index (κ1) is 23.9. The van der Waals surface area contributed by atoms with E-state index in [1.807, 2.05) is 92.1 Å². The van der Waals surface area contributed by atoms with Gasteiger partial charge in [0.2, 0.25) is 5.91 Å². The fourth-order valence-electron chi connectivity index (χ4n) is 3.49. The molecule has 0 atom stereocenters. The maximum Gasteiger partial charge on any atom is 0.234 e.